The standard InChI is InChI=1S/C13H26N2/c14-12-6-8-13(15,9-7-12)10-11-4-2-1-3-5-11/h11-12H,1-10,14-15H2. The minimum absolute atomic E-state index is 0.137. The Hall–Kier alpha value is -0.0800. The first-order chi connectivity index (χ1) is 7.18. The van der Waals surface area contributed by atoms with Crippen LogP contribution in [0.5, 0.6) is 0 Å². The van der Waals surface area contributed by atoms with E-state index in [0.717, 1.165) is 31.6 Å². The van der Waals surface area contributed by atoms with Gasteiger partial charge in [0.05, 0.1) is 0 Å². The zero-order valence-electron chi connectivity index (χ0n) is 9.88. The molecular weight excluding hydrogens is 184 g/mol. The van der Waals surface area contributed by atoms with E-state index in [1.54, 1.807) is 0 Å². The molecule has 2 aliphatic rings. The predicted molar refractivity (Wildman–Crippen MR) is 64.6 cm³/mol. The van der Waals surface area contributed by atoms with Crippen LogP contribution in [0.4, 0.5) is 0 Å². The second kappa shape index (κ2) is 4.84. The SMILES string of the molecule is NC1CCC(N)(CC2CCCCC2)CC1. The van der Waals surface area contributed by atoms with Gasteiger partial charge in [-0.2, -0.15) is 0 Å². The predicted octanol–water partition coefficient (Wildman–Crippen LogP) is 2.56. The van der Waals surface area contributed by atoms with Crippen molar-refractivity contribution in [2.24, 2.45) is 17.4 Å². The summed E-state index contributed by atoms with van der Waals surface area (Å²) in [5.74, 6) is 0.915. The number of nitrogens with two attached hydrogens (primary N) is 2. The van der Waals surface area contributed by atoms with E-state index >= 15 is 0 Å². The van der Waals surface area contributed by atoms with Crippen molar-refractivity contribution in [3.63, 3.8) is 0 Å². The topological polar surface area (TPSA) is 52.0 Å². The normalized spacial score (nSPS) is 39.2. The molecule has 15 heavy (non-hydrogen) atoms. The molecule has 0 aromatic heterocycles. The van der Waals surface area contributed by atoms with Gasteiger partial charge in [0.2, 0.25) is 0 Å². The maximum absolute atomic E-state index is 6.50. The Morgan fingerprint density at radius 2 is 1.53 bits per heavy atom. The van der Waals surface area contributed by atoms with E-state index in [2.05, 4.69) is 0 Å². The van der Waals surface area contributed by atoms with Crippen molar-refractivity contribution < 1.29 is 0 Å². The highest BCUT2D eigenvalue weighted by Crippen LogP contribution is 2.36. The van der Waals surface area contributed by atoms with E-state index in [4.69, 9.17) is 11.5 Å². The molecule has 2 heteroatoms. The Morgan fingerprint density at radius 3 is 2.13 bits per heavy atom. The molecule has 0 atom stereocenters. The number of rotatable bonds is 2. The van der Waals surface area contributed by atoms with Gasteiger partial charge in [0.15, 0.2) is 0 Å². The van der Waals surface area contributed by atoms with Crippen LogP contribution in [0.1, 0.15) is 64.2 Å². The molecule has 0 spiro atoms. The van der Waals surface area contributed by atoms with Crippen molar-refractivity contribution in [1.82, 2.24) is 0 Å². The highest BCUT2D eigenvalue weighted by atomic mass is 14.8. The molecule has 0 aliphatic heterocycles. The lowest BCUT2D eigenvalue weighted by Gasteiger charge is -2.39. The molecule has 0 aromatic rings. The minimum Gasteiger partial charge on any atom is -0.328 e. The van der Waals surface area contributed by atoms with Crippen LogP contribution in [0, 0.1) is 5.92 Å². The summed E-state index contributed by atoms with van der Waals surface area (Å²) in [7, 11) is 0. The summed E-state index contributed by atoms with van der Waals surface area (Å²) in [6.45, 7) is 0. The fourth-order valence-electron chi connectivity index (χ4n) is 3.39. The Balaban J connectivity index is 1.81. The van der Waals surface area contributed by atoms with Crippen LogP contribution in [0.2, 0.25) is 0 Å². The smallest absolute Gasteiger partial charge is 0.0158 e. The van der Waals surface area contributed by atoms with Crippen LogP contribution in [-0.4, -0.2) is 11.6 Å². The zero-order valence-corrected chi connectivity index (χ0v) is 9.88. The zero-order chi connectivity index (χ0) is 10.7. The lowest BCUT2D eigenvalue weighted by atomic mass is 9.72. The third kappa shape index (κ3) is 3.18. The molecule has 0 heterocycles. The second-order valence-electron chi connectivity index (χ2n) is 5.91. The van der Waals surface area contributed by atoms with Gasteiger partial charge >= 0.3 is 0 Å². The van der Waals surface area contributed by atoms with Crippen molar-refractivity contribution in [3.8, 4) is 0 Å². The summed E-state index contributed by atoms with van der Waals surface area (Å²) in [5.41, 5.74) is 12.6. The molecule has 0 unspecified atom stereocenters. The fourth-order valence-corrected chi connectivity index (χ4v) is 3.39. The minimum atomic E-state index is 0.137. The van der Waals surface area contributed by atoms with Gasteiger partial charge in [-0.3, -0.25) is 0 Å². The average molecular weight is 210 g/mol. The van der Waals surface area contributed by atoms with Gasteiger partial charge in [-0.15, -0.1) is 0 Å². The lowest BCUT2D eigenvalue weighted by molar-refractivity contribution is 0.197. The molecule has 0 bridgehead atoms. The molecule has 2 fully saturated rings. The van der Waals surface area contributed by atoms with Crippen molar-refractivity contribution in [2.75, 3.05) is 0 Å². The van der Waals surface area contributed by atoms with Crippen molar-refractivity contribution in [2.45, 2.75) is 75.8 Å². The Kier molecular flexibility index (Phi) is 3.68. The first-order valence-corrected chi connectivity index (χ1v) is 6.72. The van der Waals surface area contributed by atoms with Crippen LogP contribution < -0.4 is 11.5 Å². The molecular formula is C13H26N2. The summed E-state index contributed by atoms with van der Waals surface area (Å²) in [5, 5.41) is 0. The Bertz CT molecular complexity index is 189. The van der Waals surface area contributed by atoms with Gasteiger partial charge < -0.3 is 11.5 Å². The third-order valence-corrected chi connectivity index (χ3v) is 4.45. The fraction of sp³-hybridized carbons (Fsp3) is 1.00. The van der Waals surface area contributed by atoms with Gasteiger partial charge in [0, 0.05) is 11.6 Å². The molecule has 0 saturated heterocycles. The van der Waals surface area contributed by atoms with E-state index in [1.165, 1.54) is 38.5 Å². The van der Waals surface area contributed by atoms with Crippen molar-refractivity contribution >= 4 is 0 Å². The average Bonchev–Trinajstić information content (AvgIpc) is 2.24. The Morgan fingerprint density at radius 1 is 0.933 bits per heavy atom. The van der Waals surface area contributed by atoms with E-state index in [9.17, 15) is 0 Å². The second-order valence-corrected chi connectivity index (χ2v) is 5.91. The van der Waals surface area contributed by atoms with Gasteiger partial charge in [0.25, 0.3) is 0 Å². The number of hydrogen-bond donors (Lipinski definition) is 2. The van der Waals surface area contributed by atoms with Crippen LogP contribution in [0.15, 0.2) is 0 Å². The molecule has 0 radical (unpaired) electrons. The third-order valence-electron chi connectivity index (χ3n) is 4.45. The van der Waals surface area contributed by atoms with E-state index in [-0.39, 0.29) is 5.54 Å². The monoisotopic (exact) mass is 210 g/mol. The van der Waals surface area contributed by atoms with Crippen LogP contribution in [0.25, 0.3) is 0 Å². The van der Waals surface area contributed by atoms with Crippen molar-refractivity contribution in [1.29, 1.82) is 0 Å². The highest BCUT2D eigenvalue weighted by molar-refractivity contribution is 4.92. The van der Waals surface area contributed by atoms with Gasteiger partial charge in [-0.25, -0.2) is 0 Å². The highest BCUT2D eigenvalue weighted by Gasteiger charge is 2.32. The van der Waals surface area contributed by atoms with E-state index in [1.807, 2.05) is 0 Å². The Labute approximate surface area is 93.8 Å². The van der Waals surface area contributed by atoms with Crippen LogP contribution in [-0.2, 0) is 0 Å². The van der Waals surface area contributed by atoms with E-state index < -0.39 is 0 Å². The summed E-state index contributed by atoms with van der Waals surface area (Å²) >= 11 is 0. The van der Waals surface area contributed by atoms with Gasteiger partial charge in [0.1, 0.15) is 0 Å². The summed E-state index contributed by atoms with van der Waals surface area (Å²) in [6.07, 6.45) is 13.0. The molecule has 0 amide bonds. The van der Waals surface area contributed by atoms with Gasteiger partial charge in [-0.05, 0) is 38.0 Å². The lowest BCUT2D eigenvalue weighted by Crippen LogP contribution is -2.47. The van der Waals surface area contributed by atoms with Crippen LogP contribution in [0.3, 0.4) is 0 Å². The molecule has 2 saturated carbocycles. The largest absolute Gasteiger partial charge is 0.328 e. The first kappa shape index (κ1) is 11.4. The molecule has 0 aromatic carbocycles. The van der Waals surface area contributed by atoms with E-state index in [0.29, 0.717) is 6.04 Å². The maximum atomic E-state index is 6.50. The first-order valence-electron chi connectivity index (χ1n) is 6.72. The van der Waals surface area contributed by atoms with Crippen LogP contribution >= 0.6 is 0 Å². The quantitative estimate of drug-likeness (QED) is 0.736. The number of hydrogen-bond acceptors (Lipinski definition) is 2. The molecule has 2 aliphatic carbocycles. The molecule has 88 valence electrons. The summed E-state index contributed by atoms with van der Waals surface area (Å²) < 4.78 is 0. The molecule has 2 nitrogen and oxygen atoms in total. The van der Waals surface area contributed by atoms with Crippen molar-refractivity contribution in [3.05, 3.63) is 0 Å². The summed E-state index contributed by atoms with van der Waals surface area (Å²) in [6, 6.07) is 0.424. The molecule has 2 rings (SSSR count). The molecule has 4 N–H and O–H groups in total. The summed E-state index contributed by atoms with van der Waals surface area (Å²) in [4.78, 5) is 0. The van der Waals surface area contributed by atoms with Gasteiger partial charge in [-0.1, -0.05) is 32.1 Å². The maximum Gasteiger partial charge on any atom is 0.0158 e.